The Hall–Kier alpha value is -2.22. The number of guanidine groups is 1. The van der Waals surface area contributed by atoms with Gasteiger partial charge in [0, 0.05) is 25.5 Å². The second-order valence-electron chi connectivity index (χ2n) is 5.78. The second kappa shape index (κ2) is 9.52. The van der Waals surface area contributed by atoms with Crippen molar-refractivity contribution in [1.82, 2.24) is 20.5 Å². The first-order valence-electron chi connectivity index (χ1n) is 8.22. The summed E-state index contributed by atoms with van der Waals surface area (Å²) in [5.41, 5.74) is -0.179. The lowest BCUT2D eigenvalue weighted by Gasteiger charge is -2.16. The number of fused-ring (bicyclic) bond motifs is 1. The number of alkyl halides is 3. The fourth-order valence-corrected chi connectivity index (χ4v) is 3.37. The van der Waals surface area contributed by atoms with Gasteiger partial charge in [-0.05, 0) is 12.1 Å². The molecule has 0 bridgehead atoms. The largest absolute Gasteiger partial charge is 0.434 e. The maximum absolute atomic E-state index is 12.6. The molecule has 0 atom stereocenters. The van der Waals surface area contributed by atoms with Gasteiger partial charge in [0.05, 0.1) is 17.7 Å². The van der Waals surface area contributed by atoms with Crippen LogP contribution in [0.2, 0.25) is 0 Å². The predicted molar refractivity (Wildman–Crippen MR) is 113 cm³/mol. The number of carbonyl (C=O) groups excluding carboxylic acids is 2. The molecule has 1 aliphatic rings. The molecule has 2 N–H and O–H groups in total. The molecule has 0 saturated heterocycles. The highest BCUT2D eigenvalue weighted by atomic mass is 127. The van der Waals surface area contributed by atoms with E-state index in [2.05, 4.69) is 20.6 Å². The van der Waals surface area contributed by atoms with Crippen molar-refractivity contribution >= 4 is 53.1 Å². The minimum Gasteiger partial charge on any atom is -0.355 e. The third kappa shape index (κ3) is 5.23. The Labute approximate surface area is 185 Å². The molecule has 29 heavy (non-hydrogen) atoms. The van der Waals surface area contributed by atoms with Crippen molar-refractivity contribution in [3.63, 3.8) is 0 Å². The Balaban J connectivity index is 0.00000300. The predicted octanol–water partition coefficient (Wildman–Crippen LogP) is 2.74. The molecule has 0 spiro atoms. The van der Waals surface area contributed by atoms with Crippen LogP contribution in [0.4, 0.5) is 13.2 Å². The van der Waals surface area contributed by atoms with E-state index < -0.39 is 11.9 Å². The normalized spacial score (nSPS) is 13.9. The highest BCUT2D eigenvalue weighted by Crippen LogP contribution is 2.29. The Kier molecular flexibility index (Phi) is 7.57. The third-order valence-electron chi connectivity index (χ3n) is 3.98. The summed E-state index contributed by atoms with van der Waals surface area (Å²) in [6, 6.07) is 6.60. The average molecular weight is 539 g/mol. The van der Waals surface area contributed by atoms with Crippen molar-refractivity contribution in [2.75, 3.05) is 20.1 Å². The van der Waals surface area contributed by atoms with E-state index in [0.717, 1.165) is 21.6 Å². The zero-order valence-electron chi connectivity index (χ0n) is 15.1. The number of hydrogen-bond donors (Lipinski definition) is 2. The van der Waals surface area contributed by atoms with Gasteiger partial charge in [-0.25, -0.2) is 4.98 Å². The monoisotopic (exact) mass is 539 g/mol. The smallest absolute Gasteiger partial charge is 0.355 e. The minimum atomic E-state index is -4.47. The lowest BCUT2D eigenvalue weighted by atomic mass is 10.1. The molecule has 0 unspecified atom stereocenters. The van der Waals surface area contributed by atoms with Gasteiger partial charge in [0.1, 0.15) is 5.01 Å². The number of imide groups is 1. The van der Waals surface area contributed by atoms with Gasteiger partial charge in [0.2, 0.25) is 0 Å². The molecule has 3 rings (SSSR count). The lowest BCUT2D eigenvalue weighted by molar-refractivity contribution is -0.140. The van der Waals surface area contributed by atoms with Crippen LogP contribution in [0.3, 0.4) is 0 Å². The first-order chi connectivity index (χ1) is 13.3. The molecule has 1 aromatic carbocycles. The molecule has 2 aromatic rings. The summed E-state index contributed by atoms with van der Waals surface area (Å²) in [5.74, 6) is -0.388. The topological polar surface area (TPSA) is 86.7 Å². The molecule has 0 fully saturated rings. The van der Waals surface area contributed by atoms with Crippen molar-refractivity contribution in [1.29, 1.82) is 0 Å². The van der Waals surface area contributed by atoms with Crippen LogP contribution in [0.15, 0.2) is 34.6 Å². The number of rotatable bonds is 5. The number of benzene rings is 1. The Bertz CT molecular complexity index is 897. The van der Waals surface area contributed by atoms with Crippen LogP contribution in [0.25, 0.3) is 0 Å². The van der Waals surface area contributed by atoms with Crippen molar-refractivity contribution in [3.8, 4) is 0 Å². The summed E-state index contributed by atoms with van der Waals surface area (Å²) in [5, 5.41) is 6.98. The number of halogens is 4. The fourth-order valence-electron chi connectivity index (χ4n) is 2.63. The summed E-state index contributed by atoms with van der Waals surface area (Å²) in [6.45, 7) is 0.423. The quantitative estimate of drug-likeness (QED) is 0.264. The van der Waals surface area contributed by atoms with E-state index >= 15 is 0 Å². The van der Waals surface area contributed by atoms with E-state index in [9.17, 15) is 22.8 Å². The van der Waals surface area contributed by atoms with Gasteiger partial charge in [-0.15, -0.1) is 35.3 Å². The summed E-state index contributed by atoms with van der Waals surface area (Å²) in [4.78, 5) is 33.2. The van der Waals surface area contributed by atoms with Gasteiger partial charge in [-0.1, -0.05) is 12.1 Å². The maximum Gasteiger partial charge on any atom is 0.434 e. The van der Waals surface area contributed by atoms with Gasteiger partial charge in [-0.3, -0.25) is 19.5 Å². The van der Waals surface area contributed by atoms with Crippen molar-refractivity contribution in [2.45, 2.75) is 12.7 Å². The molecule has 12 heteroatoms. The summed E-state index contributed by atoms with van der Waals surface area (Å²) in [7, 11) is 1.50. The zero-order valence-corrected chi connectivity index (χ0v) is 18.3. The highest BCUT2D eigenvalue weighted by Gasteiger charge is 2.35. The van der Waals surface area contributed by atoms with Crippen LogP contribution in [0.1, 0.15) is 31.4 Å². The molecule has 0 aliphatic carbocycles. The number of amides is 2. The van der Waals surface area contributed by atoms with Gasteiger partial charge in [-0.2, -0.15) is 13.2 Å². The summed E-state index contributed by atoms with van der Waals surface area (Å²) in [6.07, 6.45) is -4.47. The zero-order chi connectivity index (χ0) is 20.3. The fraction of sp³-hybridized carbons (Fsp3) is 0.294. The van der Waals surface area contributed by atoms with Crippen LogP contribution in [0.5, 0.6) is 0 Å². The Morgan fingerprint density at radius 1 is 1.17 bits per heavy atom. The lowest BCUT2D eigenvalue weighted by Crippen LogP contribution is -2.42. The number of carbonyl (C=O) groups is 2. The standard InChI is InChI=1S/C17H16F3N5O2S.HI/c1-21-16(23-8-13-24-12(9-28-13)17(18,19)20)22-6-7-25-14(26)10-4-2-3-5-11(10)15(25)27;/h2-5,9H,6-8H2,1H3,(H2,21,22,23);1H. The van der Waals surface area contributed by atoms with Crippen molar-refractivity contribution < 1.29 is 22.8 Å². The SMILES string of the molecule is CN=C(NCCN1C(=O)c2ccccc2C1=O)NCc1nc(C(F)(F)F)cs1.I. The first-order valence-corrected chi connectivity index (χ1v) is 9.10. The number of nitrogens with one attached hydrogen (secondary N) is 2. The molecular weight excluding hydrogens is 522 g/mol. The molecule has 0 radical (unpaired) electrons. The second-order valence-corrected chi connectivity index (χ2v) is 6.73. The molecule has 0 saturated carbocycles. The van der Waals surface area contributed by atoms with Crippen LogP contribution < -0.4 is 10.6 Å². The Morgan fingerprint density at radius 3 is 2.31 bits per heavy atom. The van der Waals surface area contributed by atoms with E-state index in [4.69, 9.17) is 0 Å². The van der Waals surface area contributed by atoms with Crippen molar-refractivity contribution in [3.05, 3.63) is 51.5 Å². The number of hydrogen-bond acceptors (Lipinski definition) is 5. The van der Waals surface area contributed by atoms with Crippen LogP contribution in [0, 0.1) is 0 Å². The van der Waals surface area contributed by atoms with Gasteiger partial charge in [0.15, 0.2) is 11.7 Å². The molecular formula is C17H17F3IN5O2S. The molecule has 156 valence electrons. The van der Waals surface area contributed by atoms with Crippen molar-refractivity contribution in [2.24, 2.45) is 4.99 Å². The first kappa shape index (κ1) is 23.1. The van der Waals surface area contributed by atoms with E-state index in [0.29, 0.717) is 17.1 Å². The van der Waals surface area contributed by atoms with Gasteiger partial charge in [0.25, 0.3) is 11.8 Å². The molecule has 7 nitrogen and oxygen atoms in total. The Morgan fingerprint density at radius 2 is 1.79 bits per heavy atom. The summed E-state index contributed by atoms with van der Waals surface area (Å²) < 4.78 is 37.7. The number of aromatic nitrogens is 1. The van der Waals surface area contributed by atoms with Gasteiger partial charge >= 0.3 is 6.18 Å². The number of thiazole rings is 1. The maximum atomic E-state index is 12.6. The molecule has 1 aliphatic heterocycles. The molecule has 2 heterocycles. The van der Waals surface area contributed by atoms with Gasteiger partial charge < -0.3 is 10.6 Å². The summed E-state index contributed by atoms with van der Waals surface area (Å²) >= 11 is 0.893. The molecule has 1 aromatic heterocycles. The van der Waals surface area contributed by atoms with Crippen LogP contribution >= 0.6 is 35.3 Å². The van der Waals surface area contributed by atoms with E-state index in [-0.39, 0.29) is 60.4 Å². The number of nitrogens with zero attached hydrogens (tertiary/aromatic N) is 3. The van der Waals surface area contributed by atoms with E-state index in [1.807, 2.05) is 0 Å². The van der Waals surface area contributed by atoms with E-state index in [1.54, 1.807) is 24.3 Å². The number of aliphatic imine (C=N–C) groups is 1. The van der Waals surface area contributed by atoms with Crippen LogP contribution in [-0.4, -0.2) is 47.8 Å². The van der Waals surface area contributed by atoms with Crippen LogP contribution in [-0.2, 0) is 12.7 Å². The highest BCUT2D eigenvalue weighted by molar-refractivity contribution is 14.0. The third-order valence-corrected chi connectivity index (χ3v) is 4.83. The van der Waals surface area contributed by atoms with E-state index in [1.165, 1.54) is 7.05 Å². The average Bonchev–Trinajstić information content (AvgIpc) is 3.24. The molecule has 2 amide bonds. The minimum absolute atomic E-state index is 0.